The van der Waals surface area contributed by atoms with Gasteiger partial charge in [-0.05, 0) is 37.1 Å². The predicted octanol–water partition coefficient (Wildman–Crippen LogP) is 0.0932. The summed E-state index contributed by atoms with van der Waals surface area (Å²) >= 11 is 0. The van der Waals surface area contributed by atoms with Gasteiger partial charge in [0.15, 0.2) is 11.9 Å². The first kappa shape index (κ1) is 18.6. The minimum absolute atomic E-state index is 0.306. The van der Waals surface area contributed by atoms with E-state index in [1.54, 1.807) is 50.3 Å². The number of nitrogens with two attached hydrogens (primary N) is 4. The average Bonchev–Trinajstić information content (AvgIpc) is 2.47. The van der Waals surface area contributed by atoms with Gasteiger partial charge in [-0.2, -0.15) is 9.98 Å². The molecule has 0 atom stereocenters. The van der Waals surface area contributed by atoms with E-state index in [0.29, 0.717) is 22.3 Å². The summed E-state index contributed by atoms with van der Waals surface area (Å²) in [5, 5.41) is 0. The molecule has 0 aliphatic heterocycles. The summed E-state index contributed by atoms with van der Waals surface area (Å²) in [6.45, 7) is 3.18. The highest BCUT2D eigenvalue weighted by atomic mass is 16.2. The molecule has 0 aromatic heterocycles. The van der Waals surface area contributed by atoms with E-state index in [9.17, 15) is 9.59 Å². The van der Waals surface area contributed by atoms with Crippen molar-refractivity contribution in [3.63, 3.8) is 0 Å². The van der Waals surface area contributed by atoms with Crippen molar-refractivity contribution < 1.29 is 9.59 Å². The summed E-state index contributed by atoms with van der Waals surface area (Å²) in [7, 11) is 0. The van der Waals surface area contributed by atoms with Crippen LogP contribution in [-0.2, 0) is 9.59 Å². The van der Waals surface area contributed by atoms with Crippen LogP contribution in [0.4, 0.5) is 0 Å². The van der Waals surface area contributed by atoms with Crippen LogP contribution in [0.2, 0.25) is 0 Å². The van der Waals surface area contributed by atoms with Crippen molar-refractivity contribution in [1.82, 2.24) is 0 Å². The van der Waals surface area contributed by atoms with E-state index in [2.05, 4.69) is 9.98 Å². The van der Waals surface area contributed by atoms with Gasteiger partial charge in [0.05, 0.1) is 0 Å². The van der Waals surface area contributed by atoms with Crippen LogP contribution < -0.4 is 22.9 Å². The van der Waals surface area contributed by atoms with Crippen LogP contribution >= 0.6 is 0 Å². The SMILES string of the molecule is C/C(=C\c1ccccc1/C=C(\C)C(=O)N=C(N)N)C(=O)N=C(N)N. The molecular weight excluding hydrogens is 308 g/mol. The first-order valence-corrected chi connectivity index (χ1v) is 6.94. The quantitative estimate of drug-likeness (QED) is 0.348. The third-order valence-corrected chi connectivity index (χ3v) is 2.88. The third-order valence-electron chi connectivity index (χ3n) is 2.88. The lowest BCUT2D eigenvalue weighted by Gasteiger charge is -2.04. The lowest BCUT2D eigenvalue weighted by molar-refractivity contribution is -0.115. The number of carbonyl (C=O) groups excluding carboxylic acids is 2. The minimum Gasteiger partial charge on any atom is -0.370 e. The van der Waals surface area contributed by atoms with Crippen molar-refractivity contribution in [2.75, 3.05) is 0 Å². The number of amides is 2. The molecule has 0 unspecified atom stereocenters. The Labute approximate surface area is 139 Å². The maximum atomic E-state index is 11.8. The molecule has 8 heteroatoms. The second kappa shape index (κ2) is 8.28. The van der Waals surface area contributed by atoms with Gasteiger partial charge in [-0.1, -0.05) is 24.3 Å². The number of hydrogen-bond donors (Lipinski definition) is 4. The number of guanidine groups is 2. The van der Waals surface area contributed by atoms with E-state index in [4.69, 9.17) is 22.9 Å². The highest BCUT2D eigenvalue weighted by Crippen LogP contribution is 2.17. The second-order valence-electron chi connectivity index (χ2n) is 4.97. The van der Waals surface area contributed by atoms with Crippen molar-refractivity contribution in [2.45, 2.75) is 13.8 Å². The Bertz CT molecular complexity index is 702. The summed E-state index contributed by atoms with van der Waals surface area (Å²) in [6.07, 6.45) is 3.25. The molecule has 0 aliphatic carbocycles. The van der Waals surface area contributed by atoms with Crippen LogP contribution in [-0.4, -0.2) is 23.7 Å². The summed E-state index contributed by atoms with van der Waals surface area (Å²) in [4.78, 5) is 30.5. The Balaban J connectivity index is 3.22. The van der Waals surface area contributed by atoms with Crippen molar-refractivity contribution in [3.05, 3.63) is 46.5 Å². The number of benzene rings is 1. The maximum Gasteiger partial charge on any atom is 0.275 e. The van der Waals surface area contributed by atoms with E-state index >= 15 is 0 Å². The fourth-order valence-corrected chi connectivity index (χ4v) is 1.77. The zero-order chi connectivity index (χ0) is 18.3. The molecule has 8 N–H and O–H groups in total. The molecule has 24 heavy (non-hydrogen) atoms. The smallest absolute Gasteiger partial charge is 0.275 e. The number of hydrogen-bond acceptors (Lipinski definition) is 2. The first-order chi connectivity index (χ1) is 11.2. The minimum atomic E-state index is -0.540. The molecule has 8 nitrogen and oxygen atoms in total. The average molecular weight is 328 g/mol. The molecule has 126 valence electrons. The Hall–Kier alpha value is -3.42. The third kappa shape index (κ3) is 5.76. The van der Waals surface area contributed by atoms with Gasteiger partial charge in [0.1, 0.15) is 0 Å². The van der Waals surface area contributed by atoms with Crippen LogP contribution in [0.5, 0.6) is 0 Å². The number of aliphatic imine (C=N–C) groups is 2. The molecular formula is C16H20N6O2. The monoisotopic (exact) mass is 328 g/mol. The molecule has 0 aliphatic rings. The van der Waals surface area contributed by atoms with E-state index in [-0.39, 0.29) is 11.9 Å². The van der Waals surface area contributed by atoms with Crippen molar-refractivity contribution in [3.8, 4) is 0 Å². The van der Waals surface area contributed by atoms with Crippen LogP contribution in [0.15, 0.2) is 45.4 Å². The summed E-state index contributed by atoms with van der Waals surface area (Å²) in [5.74, 6) is -1.69. The maximum absolute atomic E-state index is 11.8. The van der Waals surface area contributed by atoms with Gasteiger partial charge >= 0.3 is 0 Å². The first-order valence-electron chi connectivity index (χ1n) is 6.94. The summed E-state index contributed by atoms with van der Waals surface area (Å²) in [5.41, 5.74) is 22.9. The Morgan fingerprint density at radius 1 is 0.792 bits per heavy atom. The molecule has 1 aromatic carbocycles. The van der Waals surface area contributed by atoms with Gasteiger partial charge in [0.25, 0.3) is 11.8 Å². The van der Waals surface area contributed by atoms with E-state index in [1.807, 2.05) is 0 Å². The number of rotatable bonds is 4. The Morgan fingerprint density at radius 2 is 1.12 bits per heavy atom. The summed E-state index contributed by atoms with van der Waals surface area (Å²) < 4.78 is 0. The number of nitrogens with zero attached hydrogens (tertiary/aromatic N) is 2. The fourth-order valence-electron chi connectivity index (χ4n) is 1.77. The van der Waals surface area contributed by atoms with Crippen molar-refractivity contribution >= 4 is 35.9 Å². The molecule has 0 spiro atoms. The molecule has 0 bridgehead atoms. The molecule has 0 heterocycles. The van der Waals surface area contributed by atoms with Gasteiger partial charge < -0.3 is 22.9 Å². The lowest BCUT2D eigenvalue weighted by atomic mass is 10.0. The molecule has 1 rings (SSSR count). The van der Waals surface area contributed by atoms with Crippen LogP contribution in [0, 0.1) is 0 Å². The molecule has 0 fully saturated rings. The van der Waals surface area contributed by atoms with Gasteiger partial charge in [-0.15, -0.1) is 0 Å². The van der Waals surface area contributed by atoms with Gasteiger partial charge in [-0.3, -0.25) is 9.59 Å². The molecule has 0 radical (unpaired) electrons. The standard InChI is InChI=1S/C16H20N6O2/c1-9(13(23)21-15(17)18)7-11-5-3-4-6-12(11)8-10(2)14(24)22-16(19)20/h3-8H,1-2H3,(H4,17,18,21,23)(H4,19,20,22,24)/b9-7+,10-8+. The fraction of sp³-hybridized carbons (Fsp3) is 0.125. The molecule has 0 saturated heterocycles. The normalized spacial score (nSPS) is 11.6. The lowest BCUT2D eigenvalue weighted by Crippen LogP contribution is -2.24. The molecule has 1 aromatic rings. The molecule has 2 amide bonds. The van der Waals surface area contributed by atoms with Crippen LogP contribution in [0.3, 0.4) is 0 Å². The van der Waals surface area contributed by atoms with Crippen molar-refractivity contribution in [2.24, 2.45) is 32.9 Å². The topological polar surface area (TPSA) is 163 Å². The second-order valence-corrected chi connectivity index (χ2v) is 4.97. The molecule has 0 saturated carbocycles. The van der Waals surface area contributed by atoms with Crippen LogP contribution in [0.1, 0.15) is 25.0 Å². The van der Waals surface area contributed by atoms with Gasteiger partial charge in [-0.25, -0.2) is 0 Å². The number of carbonyl (C=O) groups is 2. The van der Waals surface area contributed by atoms with Gasteiger partial charge in [0, 0.05) is 11.1 Å². The zero-order valence-corrected chi connectivity index (χ0v) is 13.5. The highest BCUT2D eigenvalue weighted by Gasteiger charge is 2.07. The zero-order valence-electron chi connectivity index (χ0n) is 13.5. The Kier molecular flexibility index (Phi) is 6.42. The van der Waals surface area contributed by atoms with E-state index in [1.165, 1.54) is 0 Å². The predicted molar refractivity (Wildman–Crippen MR) is 95.4 cm³/mol. The van der Waals surface area contributed by atoms with Crippen molar-refractivity contribution in [1.29, 1.82) is 0 Å². The van der Waals surface area contributed by atoms with Gasteiger partial charge in [0.2, 0.25) is 0 Å². The summed E-state index contributed by atoms with van der Waals surface area (Å²) in [6, 6.07) is 7.18. The van der Waals surface area contributed by atoms with Crippen LogP contribution in [0.25, 0.3) is 12.2 Å². The largest absolute Gasteiger partial charge is 0.370 e. The Morgan fingerprint density at radius 3 is 1.42 bits per heavy atom. The van der Waals surface area contributed by atoms with E-state index in [0.717, 1.165) is 0 Å². The van der Waals surface area contributed by atoms with E-state index < -0.39 is 11.8 Å². The highest BCUT2D eigenvalue weighted by molar-refractivity contribution is 6.05.